The Morgan fingerprint density at radius 2 is 2.11 bits per heavy atom. The van der Waals surface area contributed by atoms with E-state index in [1.165, 1.54) is 0 Å². The van der Waals surface area contributed by atoms with Crippen LogP contribution in [0.1, 0.15) is 19.4 Å². The molecule has 0 aliphatic rings. The highest BCUT2D eigenvalue weighted by atomic mass is 16.5. The molecular formula is C14H22N2O3. The third-order valence-corrected chi connectivity index (χ3v) is 2.63. The van der Waals surface area contributed by atoms with Crippen LogP contribution < -0.4 is 20.1 Å². The minimum atomic E-state index is -0.552. The summed E-state index contributed by atoms with van der Waals surface area (Å²) in [6.07, 6.45) is -0.552. The van der Waals surface area contributed by atoms with Crippen molar-refractivity contribution >= 4 is 5.91 Å². The normalized spacial score (nSPS) is 11.8. The number of rotatable bonds is 7. The topological polar surface area (TPSA) is 59.6 Å². The van der Waals surface area contributed by atoms with E-state index in [2.05, 4.69) is 10.6 Å². The maximum atomic E-state index is 11.6. The average molecular weight is 266 g/mol. The Labute approximate surface area is 114 Å². The molecule has 106 valence electrons. The van der Waals surface area contributed by atoms with Crippen LogP contribution in [0.25, 0.3) is 0 Å². The average Bonchev–Trinajstić information content (AvgIpc) is 2.41. The molecule has 0 spiro atoms. The summed E-state index contributed by atoms with van der Waals surface area (Å²) in [6.45, 7) is 4.93. The number of amides is 1. The Kier molecular flexibility index (Phi) is 6.15. The van der Waals surface area contributed by atoms with Crippen molar-refractivity contribution in [3.05, 3.63) is 23.8 Å². The van der Waals surface area contributed by atoms with Gasteiger partial charge in [0.1, 0.15) is 0 Å². The van der Waals surface area contributed by atoms with Crippen molar-refractivity contribution in [3.8, 4) is 11.5 Å². The van der Waals surface area contributed by atoms with E-state index in [1.54, 1.807) is 14.0 Å². The predicted molar refractivity (Wildman–Crippen MR) is 74.5 cm³/mol. The number of ether oxygens (including phenoxy) is 2. The lowest BCUT2D eigenvalue weighted by Gasteiger charge is -2.17. The number of nitrogens with one attached hydrogen (secondary N) is 2. The highest BCUT2D eigenvalue weighted by molar-refractivity contribution is 5.80. The Morgan fingerprint density at radius 1 is 1.37 bits per heavy atom. The van der Waals surface area contributed by atoms with Gasteiger partial charge in [-0.25, -0.2) is 0 Å². The summed E-state index contributed by atoms with van der Waals surface area (Å²) in [4.78, 5) is 11.6. The quantitative estimate of drug-likeness (QED) is 0.781. The summed E-state index contributed by atoms with van der Waals surface area (Å²) in [7, 11) is 3.47. The van der Waals surface area contributed by atoms with E-state index in [9.17, 15) is 4.79 Å². The molecule has 5 nitrogen and oxygen atoms in total. The predicted octanol–water partition coefficient (Wildman–Crippen LogP) is 1.32. The SMILES string of the molecule is CCNC(=O)C(C)Oc1ccc(CNC)cc1OC. The lowest BCUT2D eigenvalue weighted by molar-refractivity contribution is -0.127. The molecule has 0 bridgehead atoms. The van der Waals surface area contributed by atoms with Gasteiger partial charge in [-0.05, 0) is 38.6 Å². The molecule has 1 rings (SSSR count). The van der Waals surface area contributed by atoms with E-state index in [1.807, 2.05) is 32.2 Å². The third-order valence-electron chi connectivity index (χ3n) is 2.63. The van der Waals surface area contributed by atoms with Crippen LogP contribution in [0.4, 0.5) is 0 Å². The minimum absolute atomic E-state index is 0.135. The Hall–Kier alpha value is -1.75. The highest BCUT2D eigenvalue weighted by Gasteiger charge is 2.16. The first kappa shape index (κ1) is 15.3. The van der Waals surface area contributed by atoms with Crippen molar-refractivity contribution in [2.24, 2.45) is 0 Å². The van der Waals surface area contributed by atoms with Crippen LogP contribution in [-0.2, 0) is 11.3 Å². The highest BCUT2D eigenvalue weighted by Crippen LogP contribution is 2.28. The van der Waals surface area contributed by atoms with Gasteiger partial charge in [-0.1, -0.05) is 6.07 Å². The zero-order valence-electron chi connectivity index (χ0n) is 11.9. The van der Waals surface area contributed by atoms with Crippen LogP contribution in [0.2, 0.25) is 0 Å². The van der Waals surface area contributed by atoms with Crippen molar-refractivity contribution < 1.29 is 14.3 Å². The smallest absolute Gasteiger partial charge is 0.260 e. The summed E-state index contributed by atoms with van der Waals surface area (Å²) >= 11 is 0. The number of hydrogen-bond acceptors (Lipinski definition) is 4. The van der Waals surface area contributed by atoms with Gasteiger partial charge in [-0.15, -0.1) is 0 Å². The lowest BCUT2D eigenvalue weighted by atomic mass is 10.2. The molecule has 0 aliphatic heterocycles. The van der Waals surface area contributed by atoms with Gasteiger partial charge in [0.15, 0.2) is 17.6 Å². The van der Waals surface area contributed by atoms with Crippen LogP contribution in [0, 0.1) is 0 Å². The number of likely N-dealkylation sites (N-methyl/N-ethyl adjacent to an activating group) is 1. The number of benzene rings is 1. The van der Waals surface area contributed by atoms with Crippen molar-refractivity contribution in [1.29, 1.82) is 0 Å². The first-order chi connectivity index (χ1) is 9.12. The van der Waals surface area contributed by atoms with Crippen molar-refractivity contribution in [2.75, 3.05) is 20.7 Å². The maximum absolute atomic E-state index is 11.6. The summed E-state index contributed by atoms with van der Waals surface area (Å²) in [6, 6.07) is 5.66. The van der Waals surface area contributed by atoms with Gasteiger partial charge in [0.2, 0.25) is 0 Å². The molecule has 5 heteroatoms. The zero-order valence-corrected chi connectivity index (χ0v) is 11.9. The van der Waals surface area contributed by atoms with Crippen LogP contribution in [0.15, 0.2) is 18.2 Å². The monoisotopic (exact) mass is 266 g/mol. The van der Waals surface area contributed by atoms with E-state index in [0.29, 0.717) is 18.0 Å². The van der Waals surface area contributed by atoms with E-state index >= 15 is 0 Å². The van der Waals surface area contributed by atoms with Gasteiger partial charge in [0.05, 0.1) is 7.11 Å². The van der Waals surface area contributed by atoms with Gasteiger partial charge >= 0.3 is 0 Å². The standard InChI is InChI=1S/C14H22N2O3/c1-5-16-14(17)10(2)19-12-7-6-11(9-15-3)8-13(12)18-4/h6-8,10,15H,5,9H2,1-4H3,(H,16,17). The molecule has 0 aromatic heterocycles. The number of hydrogen-bond donors (Lipinski definition) is 2. The number of methoxy groups -OCH3 is 1. The van der Waals surface area contributed by atoms with Crippen LogP contribution >= 0.6 is 0 Å². The second-order valence-corrected chi connectivity index (χ2v) is 4.17. The van der Waals surface area contributed by atoms with Crippen molar-refractivity contribution in [3.63, 3.8) is 0 Å². The van der Waals surface area contributed by atoms with Crippen LogP contribution in [-0.4, -0.2) is 32.7 Å². The van der Waals surface area contributed by atoms with E-state index in [0.717, 1.165) is 12.1 Å². The van der Waals surface area contributed by atoms with Gasteiger partial charge in [-0.3, -0.25) is 4.79 Å². The number of carbonyl (C=O) groups excluding carboxylic acids is 1. The first-order valence-electron chi connectivity index (χ1n) is 6.38. The van der Waals surface area contributed by atoms with E-state index in [4.69, 9.17) is 9.47 Å². The fraction of sp³-hybridized carbons (Fsp3) is 0.500. The largest absolute Gasteiger partial charge is 0.493 e. The molecule has 1 aromatic rings. The van der Waals surface area contributed by atoms with Gasteiger partial charge in [0.25, 0.3) is 5.91 Å². The molecule has 0 heterocycles. The van der Waals surface area contributed by atoms with Crippen LogP contribution in [0.5, 0.6) is 11.5 Å². The van der Waals surface area contributed by atoms with Crippen molar-refractivity contribution in [2.45, 2.75) is 26.5 Å². The van der Waals surface area contributed by atoms with Crippen LogP contribution in [0.3, 0.4) is 0 Å². The molecule has 0 saturated carbocycles. The molecule has 19 heavy (non-hydrogen) atoms. The van der Waals surface area contributed by atoms with E-state index < -0.39 is 6.10 Å². The molecule has 0 aliphatic carbocycles. The minimum Gasteiger partial charge on any atom is -0.493 e. The summed E-state index contributed by atoms with van der Waals surface area (Å²) < 4.78 is 10.9. The molecule has 0 radical (unpaired) electrons. The summed E-state index contributed by atoms with van der Waals surface area (Å²) in [5.41, 5.74) is 1.09. The lowest BCUT2D eigenvalue weighted by Crippen LogP contribution is -2.36. The second kappa shape index (κ2) is 7.63. The Bertz CT molecular complexity index is 421. The van der Waals surface area contributed by atoms with Gasteiger partial charge in [-0.2, -0.15) is 0 Å². The van der Waals surface area contributed by atoms with Gasteiger partial charge in [0, 0.05) is 13.1 Å². The molecule has 2 N–H and O–H groups in total. The van der Waals surface area contributed by atoms with E-state index in [-0.39, 0.29) is 5.91 Å². The molecular weight excluding hydrogens is 244 g/mol. The first-order valence-corrected chi connectivity index (χ1v) is 6.38. The summed E-state index contributed by atoms with van der Waals surface area (Å²) in [5, 5.41) is 5.79. The maximum Gasteiger partial charge on any atom is 0.260 e. The molecule has 1 unspecified atom stereocenters. The fourth-order valence-corrected chi connectivity index (χ4v) is 1.69. The Morgan fingerprint density at radius 3 is 2.68 bits per heavy atom. The molecule has 0 fully saturated rings. The third kappa shape index (κ3) is 4.44. The molecule has 0 saturated heterocycles. The summed E-state index contributed by atoms with van der Waals surface area (Å²) in [5.74, 6) is 1.06. The molecule has 1 atom stereocenters. The second-order valence-electron chi connectivity index (χ2n) is 4.17. The fourth-order valence-electron chi connectivity index (χ4n) is 1.69. The molecule has 1 aromatic carbocycles. The van der Waals surface area contributed by atoms with Crippen molar-refractivity contribution in [1.82, 2.24) is 10.6 Å². The Balaban J connectivity index is 2.79. The number of carbonyl (C=O) groups is 1. The van der Waals surface area contributed by atoms with Gasteiger partial charge < -0.3 is 20.1 Å². The molecule has 1 amide bonds. The zero-order chi connectivity index (χ0) is 14.3.